The molecule has 0 saturated carbocycles. The van der Waals surface area contributed by atoms with Gasteiger partial charge in [-0.25, -0.2) is 0 Å². The van der Waals surface area contributed by atoms with Crippen LogP contribution in [-0.2, 0) is 16.1 Å². The molecule has 0 aromatic heterocycles. The third-order valence-corrected chi connectivity index (χ3v) is 6.72. The molecule has 1 heterocycles. The maximum atomic E-state index is 13.0. The minimum absolute atomic E-state index is 0.0863. The molecule has 0 saturated heterocycles. The summed E-state index contributed by atoms with van der Waals surface area (Å²) in [4.78, 5) is 27.2. The fourth-order valence-corrected chi connectivity index (χ4v) is 4.77. The minimum atomic E-state index is -1.08. The Morgan fingerprint density at radius 3 is 2.61 bits per heavy atom. The van der Waals surface area contributed by atoms with Crippen molar-refractivity contribution in [2.24, 2.45) is 0 Å². The molecule has 0 bridgehead atoms. The van der Waals surface area contributed by atoms with E-state index in [2.05, 4.69) is 5.32 Å². The van der Waals surface area contributed by atoms with E-state index < -0.39 is 24.2 Å². The lowest BCUT2D eigenvalue weighted by atomic mass is 9.77. The highest BCUT2D eigenvalue weighted by molar-refractivity contribution is 6.42. The zero-order valence-corrected chi connectivity index (χ0v) is 19.4. The number of benzene rings is 2. The molecule has 33 heavy (non-hydrogen) atoms. The number of aliphatic hydroxyl groups is 2. The first-order valence-corrected chi connectivity index (χ1v) is 11.3. The molecular weight excluding hydrogens is 467 g/mol. The summed E-state index contributed by atoms with van der Waals surface area (Å²) in [6.07, 6.45) is -0.200. The second-order valence-electron chi connectivity index (χ2n) is 8.08. The summed E-state index contributed by atoms with van der Waals surface area (Å²) in [5, 5.41) is 23.9. The molecule has 2 aromatic carbocycles. The van der Waals surface area contributed by atoms with Crippen LogP contribution in [0.15, 0.2) is 54.1 Å². The van der Waals surface area contributed by atoms with Crippen LogP contribution in [0.1, 0.15) is 24.0 Å². The fraction of sp³-hybridized carbons (Fsp3) is 0.333. The van der Waals surface area contributed by atoms with Gasteiger partial charge in [0, 0.05) is 31.1 Å². The average Bonchev–Trinajstić information content (AvgIpc) is 3.19. The van der Waals surface area contributed by atoms with Crippen molar-refractivity contribution in [1.82, 2.24) is 10.2 Å². The lowest BCUT2D eigenvalue weighted by Crippen LogP contribution is -2.55. The summed E-state index contributed by atoms with van der Waals surface area (Å²) in [5.74, 6) is -0.573. The molecule has 2 aromatic rings. The summed E-state index contributed by atoms with van der Waals surface area (Å²) in [5.41, 5.74) is 1.91. The van der Waals surface area contributed by atoms with E-state index in [1.807, 2.05) is 18.2 Å². The highest BCUT2D eigenvalue weighted by Crippen LogP contribution is 2.47. The van der Waals surface area contributed by atoms with E-state index in [1.165, 1.54) is 11.8 Å². The smallest absolute Gasteiger partial charge is 0.247 e. The van der Waals surface area contributed by atoms with Gasteiger partial charge in [-0.2, -0.15) is 0 Å². The molecule has 174 valence electrons. The zero-order chi connectivity index (χ0) is 23.7. The van der Waals surface area contributed by atoms with Crippen LogP contribution in [0, 0.1) is 0 Å². The second-order valence-corrected chi connectivity index (χ2v) is 8.89. The number of aliphatic hydroxyl groups excluding tert-OH is 2. The molecule has 4 rings (SSSR count). The Hall–Kier alpha value is -2.58. The molecule has 1 aliphatic heterocycles. The molecule has 0 radical (unpaired) electrons. The van der Waals surface area contributed by atoms with Gasteiger partial charge in [0.2, 0.25) is 11.8 Å². The number of carbonyl (C=O) groups is 2. The monoisotopic (exact) mass is 490 g/mol. The van der Waals surface area contributed by atoms with Crippen molar-refractivity contribution in [3.05, 3.63) is 75.3 Å². The van der Waals surface area contributed by atoms with E-state index in [4.69, 9.17) is 33.0 Å². The Balaban J connectivity index is 1.73. The number of nitrogens with zero attached hydrogens (tertiary/aromatic N) is 1. The first kappa shape index (κ1) is 23.6. The summed E-state index contributed by atoms with van der Waals surface area (Å²) in [7, 11) is 0. The van der Waals surface area contributed by atoms with Crippen LogP contribution >= 0.6 is 23.2 Å². The number of hydrogen-bond donors (Lipinski definition) is 3. The van der Waals surface area contributed by atoms with Crippen molar-refractivity contribution in [3.63, 3.8) is 0 Å². The molecule has 0 spiro atoms. The highest BCUT2D eigenvalue weighted by Gasteiger charge is 2.50. The van der Waals surface area contributed by atoms with Crippen LogP contribution in [0.4, 0.5) is 0 Å². The van der Waals surface area contributed by atoms with Gasteiger partial charge >= 0.3 is 0 Å². The maximum absolute atomic E-state index is 13.0. The number of rotatable bonds is 6. The van der Waals surface area contributed by atoms with Crippen LogP contribution in [0.25, 0.3) is 0 Å². The van der Waals surface area contributed by atoms with Crippen LogP contribution in [0.2, 0.25) is 10.0 Å². The molecule has 0 unspecified atom stereocenters. The zero-order valence-electron chi connectivity index (χ0n) is 17.9. The first-order chi connectivity index (χ1) is 15.8. The fourth-order valence-electron chi connectivity index (χ4n) is 4.45. The molecule has 7 nitrogen and oxygen atoms in total. The number of carbonyl (C=O) groups excluding carboxylic acids is 2. The van der Waals surface area contributed by atoms with Crippen molar-refractivity contribution < 1.29 is 24.5 Å². The van der Waals surface area contributed by atoms with E-state index in [0.29, 0.717) is 21.4 Å². The number of fused-ring (bicyclic) bond motifs is 3. The quantitative estimate of drug-likeness (QED) is 0.577. The van der Waals surface area contributed by atoms with Gasteiger partial charge in [-0.15, -0.1) is 0 Å². The Bertz CT molecular complexity index is 1110. The van der Waals surface area contributed by atoms with Gasteiger partial charge in [0.15, 0.2) is 0 Å². The summed E-state index contributed by atoms with van der Waals surface area (Å²) in [6, 6.07) is 11.6. The van der Waals surface area contributed by atoms with E-state index in [1.54, 1.807) is 30.3 Å². The third kappa shape index (κ3) is 4.59. The van der Waals surface area contributed by atoms with Crippen LogP contribution < -0.4 is 10.1 Å². The maximum Gasteiger partial charge on any atom is 0.247 e. The summed E-state index contributed by atoms with van der Waals surface area (Å²) in [6.45, 7) is 1.44. The van der Waals surface area contributed by atoms with Gasteiger partial charge in [0.05, 0.1) is 28.6 Å². The van der Waals surface area contributed by atoms with Gasteiger partial charge in [0.1, 0.15) is 18.0 Å². The van der Waals surface area contributed by atoms with Gasteiger partial charge in [-0.3, -0.25) is 9.59 Å². The van der Waals surface area contributed by atoms with Crippen LogP contribution in [-0.4, -0.2) is 58.3 Å². The third-order valence-electron chi connectivity index (χ3n) is 5.98. The Morgan fingerprint density at radius 2 is 1.91 bits per heavy atom. The molecule has 9 heteroatoms. The number of halogens is 2. The predicted octanol–water partition coefficient (Wildman–Crippen LogP) is 2.66. The van der Waals surface area contributed by atoms with Crippen molar-refractivity contribution in [2.45, 2.75) is 37.6 Å². The van der Waals surface area contributed by atoms with Crippen molar-refractivity contribution >= 4 is 35.0 Å². The minimum Gasteiger partial charge on any atom is -0.486 e. The van der Waals surface area contributed by atoms with Crippen molar-refractivity contribution in [3.8, 4) is 5.75 Å². The Morgan fingerprint density at radius 1 is 1.15 bits per heavy atom. The molecule has 2 amide bonds. The predicted molar refractivity (Wildman–Crippen MR) is 124 cm³/mol. The van der Waals surface area contributed by atoms with Crippen molar-refractivity contribution in [1.29, 1.82) is 0 Å². The van der Waals surface area contributed by atoms with Crippen molar-refractivity contribution in [2.75, 3.05) is 13.2 Å². The van der Waals surface area contributed by atoms with E-state index >= 15 is 0 Å². The Labute approximate surface area is 201 Å². The van der Waals surface area contributed by atoms with Gasteiger partial charge < -0.3 is 25.2 Å². The molecule has 4 atom stereocenters. The topological polar surface area (TPSA) is 99.1 Å². The lowest BCUT2D eigenvalue weighted by Gasteiger charge is -2.40. The van der Waals surface area contributed by atoms with E-state index in [9.17, 15) is 14.7 Å². The lowest BCUT2D eigenvalue weighted by molar-refractivity contribution is -0.135. The number of para-hydroxylation sites is 1. The van der Waals surface area contributed by atoms with Gasteiger partial charge in [0.25, 0.3) is 0 Å². The molecule has 2 aliphatic rings. The normalized spacial score (nSPS) is 23.1. The molecule has 0 fully saturated rings. The van der Waals surface area contributed by atoms with Gasteiger partial charge in [-0.05, 0) is 29.8 Å². The SMILES string of the molecule is CC(=O)N(Cc1ccc(Cl)c(Cl)c1)[C@@H]1C=C(C(=O)NCCO)[C@@H]2c3ccccc3O[C@@H]2[C@H]1O. The molecule has 3 N–H and O–H groups in total. The van der Waals surface area contributed by atoms with E-state index in [0.717, 1.165) is 11.1 Å². The second kappa shape index (κ2) is 9.73. The number of amides is 2. The highest BCUT2D eigenvalue weighted by atomic mass is 35.5. The molecular formula is C24H24Cl2N2O5. The van der Waals surface area contributed by atoms with E-state index in [-0.39, 0.29) is 31.5 Å². The Kier molecular flexibility index (Phi) is 6.95. The number of nitrogens with one attached hydrogen (secondary N) is 1. The summed E-state index contributed by atoms with van der Waals surface area (Å²) < 4.78 is 6.06. The number of hydrogen-bond acceptors (Lipinski definition) is 5. The van der Waals surface area contributed by atoms with Crippen LogP contribution in [0.5, 0.6) is 5.75 Å². The average molecular weight is 491 g/mol. The largest absolute Gasteiger partial charge is 0.486 e. The van der Waals surface area contributed by atoms with Gasteiger partial charge in [-0.1, -0.05) is 47.5 Å². The number of ether oxygens (including phenoxy) is 1. The standard InChI is InChI=1S/C24H24Cl2N2O5/c1-13(30)28(12-14-6-7-17(25)18(26)10-14)19-11-16(24(32)27-8-9-29)21-15-4-2-3-5-20(15)33-23(21)22(19)31/h2-7,10-11,19,21-23,29,31H,8-9,12H2,1H3,(H,27,32)/t19-,21+,22+,23+/m1/s1. The molecule has 1 aliphatic carbocycles. The first-order valence-electron chi connectivity index (χ1n) is 10.6. The van der Waals surface area contributed by atoms with Crippen LogP contribution in [0.3, 0.4) is 0 Å². The summed E-state index contributed by atoms with van der Waals surface area (Å²) >= 11 is 12.2.